The van der Waals surface area contributed by atoms with Gasteiger partial charge in [0.15, 0.2) is 0 Å². The number of nitrogens with zero attached hydrogens (tertiary/aromatic N) is 1. The first-order valence-corrected chi connectivity index (χ1v) is 11.5. The average molecular weight is 440 g/mol. The molecule has 0 aromatic rings. The number of hydrogen-bond acceptors (Lipinski definition) is 4. The Kier molecular flexibility index (Phi) is 12.1. The number of carbonyl (C=O) groups is 3. The molecule has 0 saturated heterocycles. The van der Waals surface area contributed by atoms with Crippen LogP contribution in [0.15, 0.2) is 11.6 Å². The van der Waals surface area contributed by atoms with Gasteiger partial charge in [0.05, 0.1) is 11.6 Å². The minimum atomic E-state index is -1.01. The highest BCUT2D eigenvalue weighted by Crippen LogP contribution is 2.20. The highest BCUT2D eigenvalue weighted by molar-refractivity contribution is 5.92. The molecule has 0 aromatic carbocycles. The monoisotopic (exact) mass is 439 g/mol. The molecule has 7 nitrogen and oxygen atoms in total. The van der Waals surface area contributed by atoms with Gasteiger partial charge in [-0.1, -0.05) is 47.6 Å². The standard InChI is InChI=1S/C24H45N3O4/c1-11-24(12-2,26-17(7)8)23(31)25-19(13-15(3)4)21(28)27(10)20(16(5)6)14-18(9)22(29)30/h14-17,19-20,26H,11-13H2,1-10H3,(H,25,31)(H,29,30)/b18-14+/t19?,20-/m1/s1. The molecular formula is C24H45N3O4. The summed E-state index contributed by atoms with van der Waals surface area (Å²) in [5.74, 6) is -1.16. The predicted octanol–water partition coefficient (Wildman–Crippen LogP) is 3.59. The van der Waals surface area contributed by atoms with Gasteiger partial charge in [-0.2, -0.15) is 0 Å². The van der Waals surface area contributed by atoms with E-state index in [-0.39, 0.29) is 41.3 Å². The third kappa shape index (κ3) is 8.63. The fourth-order valence-corrected chi connectivity index (χ4v) is 3.85. The summed E-state index contributed by atoms with van der Waals surface area (Å²) < 4.78 is 0. The van der Waals surface area contributed by atoms with Gasteiger partial charge in [-0.15, -0.1) is 0 Å². The van der Waals surface area contributed by atoms with Gasteiger partial charge in [-0.25, -0.2) is 4.79 Å². The summed E-state index contributed by atoms with van der Waals surface area (Å²) in [7, 11) is 1.68. The minimum absolute atomic E-state index is 0.0200. The molecular weight excluding hydrogens is 394 g/mol. The fraction of sp³-hybridized carbons (Fsp3) is 0.792. The number of aliphatic carboxylic acids is 1. The lowest BCUT2D eigenvalue weighted by Crippen LogP contribution is -2.62. The molecule has 0 heterocycles. The molecule has 31 heavy (non-hydrogen) atoms. The number of hydrogen-bond donors (Lipinski definition) is 3. The topological polar surface area (TPSA) is 98.7 Å². The largest absolute Gasteiger partial charge is 0.478 e. The summed E-state index contributed by atoms with van der Waals surface area (Å²) in [6.07, 6.45) is 3.34. The van der Waals surface area contributed by atoms with E-state index in [0.717, 1.165) is 0 Å². The van der Waals surface area contributed by atoms with Gasteiger partial charge < -0.3 is 20.6 Å². The second kappa shape index (κ2) is 12.8. The Balaban J connectivity index is 5.91. The number of amides is 2. The molecule has 7 heteroatoms. The van der Waals surface area contributed by atoms with Crippen LogP contribution in [0.4, 0.5) is 0 Å². The van der Waals surface area contributed by atoms with Crippen molar-refractivity contribution in [3.63, 3.8) is 0 Å². The van der Waals surface area contributed by atoms with E-state index in [4.69, 9.17) is 0 Å². The average Bonchev–Trinajstić information content (AvgIpc) is 2.67. The van der Waals surface area contributed by atoms with Crippen LogP contribution in [0.5, 0.6) is 0 Å². The molecule has 0 aliphatic rings. The fourth-order valence-electron chi connectivity index (χ4n) is 3.85. The van der Waals surface area contributed by atoms with E-state index in [9.17, 15) is 19.5 Å². The molecule has 2 atom stereocenters. The van der Waals surface area contributed by atoms with Crippen molar-refractivity contribution in [2.45, 2.75) is 105 Å². The summed E-state index contributed by atoms with van der Waals surface area (Å²) in [4.78, 5) is 39.6. The van der Waals surface area contributed by atoms with E-state index in [2.05, 4.69) is 10.6 Å². The van der Waals surface area contributed by atoms with E-state index in [1.165, 1.54) is 6.92 Å². The Labute approximate surface area is 189 Å². The minimum Gasteiger partial charge on any atom is -0.478 e. The number of carboxylic acid groups (broad SMARTS) is 1. The van der Waals surface area contributed by atoms with Crippen LogP contribution in [0.3, 0.4) is 0 Å². The van der Waals surface area contributed by atoms with Crippen LogP contribution in [0.25, 0.3) is 0 Å². The molecule has 0 bridgehead atoms. The lowest BCUT2D eigenvalue weighted by Gasteiger charge is -2.37. The second-order valence-corrected chi connectivity index (χ2v) is 9.58. The van der Waals surface area contributed by atoms with Gasteiger partial charge in [0.1, 0.15) is 6.04 Å². The van der Waals surface area contributed by atoms with Gasteiger partial charge in [0, 0.05) is 18.7 Å². The zero-order valence-electron chi connectivity index (χ0n) is 21.2. The van der Waals surface area contributed by atoms with Crippen LogP contribution in [-0.2, 0) is 14.4 Å². The number of likely N-dealkylation sites (N-methyl/N-ethyl adjacent to an activating group) is 1. The lowest BCUT2D eigenvalue weighted by atomic mass is 9.89. The molecule has 180 valence electrons. The van der Waals surface area contributed by atoms with Crippen LogP contribution < -0.4 is 10.6 Å². The van der Waals surface area contributed by atoms with E-state index < -0.39 is 17.6 Å². The van der Waals surface area contributed by atoms with E-state index in [0.29, 0.717) is 19.3 Å². The van der Waals surface area contributed by atoms with Crippen LogP contribution in [0.1, 0.15) is 81.6 Å². The van der Waals surface area contributed by atoms with Crippen LogP contribution >= 0.6 is 0 Å². The summed E-state index contributed by atoms with van der Waals surface area (Å²) in [5, 5.41) is 15.7. The van der Waals surface area contributed by atoms with Crippen LogP contribution in [-0.4, -0.2) is 58.5 Å². The van der Waals surface area contributed by atoms with Gasteiger partial charge in [0.25, 0.3) is 0 Å². The number of rotatable bonds is 13. The Bertz CT molecular complexity index is 637. The Morgan fingerprint density at radius 2 is 1.55 bits per heavy atom. The zero-order chi connectivity index (χ0) is 24.5. The molecule has 0 aliphatic heterocycles. The van der Waals surface area contributed by atoms with Crippen molar-refractivity contribution < 1.29 is 19.5 Å². The first-order valence-electron chi connectivity index (χ1n) is 11.5. The summed E-state index contributed by atoms with van der Waals surface area (Å²) in [6.45, 7) is 17.4. The third-order valence-corrected chi connectivity index (χ3v) is 5.75. The molecule has 1 unspecified atom stereocenters. The summed E-state index contributed by atoms with van der Waals surface area (Å²) in [5.41, 5.74) is -0.542. The predicted molar refractivity (Wildman–Crippen MR) is 126 cm³/mol. The van der Waals surface area contributed by atoms with E-state index in [1.54, 1.807) is 18.0 Å². The molecule has 0 saturated carbocycles. The molecule has 0 fully saturated rings. The SMILES string of the molecule is CCC(CC)(NC(C)C)C(=O)NC(CC(C)C)C(=O)N(C)[C@H](/C=C(\C)C(=O)O)C(C)C. The Morgan fingerprint density at radius 1 is 1.03 bits per heavy atom. The third-order valence-electron chi connectivity index (χ3n) is 5.75. The van der Waals surface area contributed by atoms with Crippen molar-refractivity contribution in [2.24, 2.45) is 11.8 Å². The van der Waals surface area contributed by atoms with Crippen molar-refractivity contribution in [1.29, 1.82) is 0 Å². The first kappa shape index (κ1) is 29.1. The van der Waals surface area contributed by atoms with Crippen molar-refractivity contribution in [1.82, 2.24) is 15.5 Å². The highest BCUT2D eigenvalue weighted by atomic mass is 16.4. The summed E-state index contributed by atoms with van der Waals surface area (Å²) >= 11 is 0. The first-order chi connectivity index (χ1) is 14.2. The normalized spacial score (nSPS) is 14.7. The molecule has 2 amide bonds. The van der Waals surface area contributed by atoms with Crippen molar-refractivity contribution in [3.8, 4) is 0 Å². The number of carbonyl (C=O) groups excluding carboxylic acids is 2. The Hall–Kier alpha value is -1.89. The lowest BCUT2D eigenvalue weighted by molar-refractivity contribution is -0.139. The quantitative estimate of drug-likeness (QED) is 0.381. The smallest absolute Gasteiger partial charge is 0.331 e. The molecule has 3 N–H and O–H groups in total. The molecule has 0 aromatic heterocycles. The maximum atomic E-state index is 13.5. The van der Waals surface area contributed by atoms with Gasteiger partial charge >= 0.3 is 5.97 Å². The van der Waals surface area contributed by atoms with Gasteiger partial charge in [-0.05, 0) is 51.9 Å². The molecule has 0 aliphatic carbocycles. The van der Waals surface area contributed by atoms with Crippen molar-refractivity contribution in [3.05, 3.63) is 11.6 Å². The molecule has 0 radical (unpaired) electrons. The van der Waals surface area contributed by atoms with Crippen molar-refractivity contribution in [2.75, 3.05) is 7.05 Å². The van der Waals surface area contributed by atoms with E-state index >= 15 is 0 Å². The molecule has 0 rings (SSSR count). The maximum Gasteiger partial charge on any atom is 0.331 e. The van der Waals surface area contributed by atoms with Crippen LogP contribution in [0.2, 0.25) is 0 Å². The number of carboxylic acids is 1. The maximum absolute atomic E-state index is 13.5. The summed E-state index contributed by atoms with van der Waals surface area (Å²) in [6, 6.07) is -0.934. The zero-order valence-corrected chi connectivity index (χ0v) is 21.2. The highest BCUT2D eigenvalue weighted by Gasteiger charge is 2.38. The molecule has 0 spiro atoms. The van der Waals surface area contributed by atoms with Gasteiger partial charge in [-0.3, -0.25) is 9.59 Å². The van der Waals surface area contributed by atoms with Crippen LogP contribution in [0, 0.1) is 11.8 Å². The Morgan fingerprint density at radius 3 is 1.90 bits per heavy atom. The second-order valence-electron chi connectivity index (χ2n) is 9.58. The van der Waals surface area contributed by atoms with E-state index in [1.807, 2.05) is 55.4 Å². The number of nitrogens with one attached hydrogen (secondary N) is 2. The van der Waals surface area contributed by atoms with Crippen molar-refractivity contribution >= 4 is 17.8 Å². The van der Waals surface area contributed by atoms with Gasteiger partial charge in [0.2, 0.25) is 11.8 Å².